The SMILES string of the molecule is O=C(CCc1ccccn1)Nc1cccc(O)c1. The number of amides is 1. The molecule has 1 aromatic heterocycles. The number of hydrogen-bond acceptors (Lipinski definition) is 3. The van der Waals surface area contributed by atoms with Crippen molar-refractivity contribution in [2.24, 2.45) is 0 Å². The molecule has 2 N–H and O–H groups in total. The molecule has 0 bridgehead atoms. The lowest BCUT2D eigenvalue weighted by Crippen LogP contribution is -2.12. The number of phenolic OH excluding ortho intramolecular Hbond substituents is 1. The molecule has 1 amide bonds. The van der Waals surface area contributed by atoms with Crippen LogP contribution in [0.3, 0.4) is 0 Å². The van der Waals surface area contributed by atoms with Crippen LogP contribution in [-0.2, 0) is 11.2 Å². The molecule has 0 radical (unpaired) electrons. The highest BCUT2D eigenvalue weighted by Gasteiger charge is 2.04. The van der Waals surface area contributed by atoms with Crippen LogP contribution in [0.5, 0.6) is 5.75 Å². The quantitative estimate of drug-likeness (QED) is 0.865. The number of pyridine rings is 1. The highest BCUT2D eigenvalue weighted by Crippen LogP contribution is 2.15. The zero-order valence-electron chi connectivity index (χ0n) is 9.84. The fraction of sp³-hybridized carbons (Fsp3) is 0.143. The van der Waals surface area contributed by atoms with E-state index >= 15 is 0 Å². The second-order valence-electron chi connectivity index (χ2n) is 3.92. The van der Waals surface area contributed by atoms with Gasteiger partial charge in [0, 0.05) is 30.1 Å². The van der Waals surface area contributed by atoms with Crippen molar-refractivity contribution in [3.8, 4) is 5.75 Å². The summed E-state index contributed by atoms with van der Waals surface area (Å²) in [5.74, 6) is 0.0452. The molecule has 92 valence electrons. The number of aromatic hydroxyl groups is 1. The third-order valence-electron chi connectivity index (χ3n) is 2.46. The molecule has 0 aliphatic rings. The number of hydrogen-bond donors (Lipinski definition) is 2. The Morgan fingerprint density at radius 2 is 2.11 bits per heavy atom. The number of aryl methyl sites for hydroxylation is 1. The lowest BCUT2D eigenvalue weighted by atomic mass is 10.2. The van der Waals surface area contributed by atoms with E-state index in [0.29, 0.717) is 18.5 Å². The molecule has 0 saturated heterocycles. The third kappa shape index (κ3) is 3.59. The monoisotopic (exact) mass is 242 g/mol. The smallest absolute Gasteiger partial charge is 0.224 e. The zero-order chi connectivity index (χ0) is 12.8. The van der Waals surface area contributed by atoms with Crippen LogP contribution in [0.4, 0.5) is 5.69 Å². The van der Waals surface area contributed by atoms with Crippen molar-refractivity contribution in [1.82, 2.24) is 4.98 Å². The van der Waals surface area contributed by atoms with Gasteiger partial charge in [0.2, 0.25) is 5.91 Å². The van der Waals surface area contributed by atoms with E-state index in [4.69, 9.17) is 0 Å². The van der Waals surface area contributed by atoms with Gasteiger partial charge < -0.3 is 10.4 Å². The predicted octanol–water partition coefficient (Wildman–Crippen LogP) is 2.36. The van der Waals surface area contributed by atoms with Crippen molar-refractivity contribution in [2.45, 2.75) is 12.8 Å². The van der Waals surface area contributed by atoms with Crippen LogP contribution in [0, 0.1) is 0 Å². The van der Waals surface area contributed by atoms with Crippen molar-refractivity contribution in [3.05, 3.63) is 54.4 Å². The molecule has 2 aromatic rings. The number of benzene rings is 1. The van der Waals surface area contributed by atoms with Crippen LogP contribution >= 0.6 is 0 Å². The lowest BCUT2D eigenvalue weighted by molar-refractivity contribution is -0.116. The molecule has 0 atom stereocenters. The number of rotatable bonds is 4. The Morgan fingerprint density at radius 1 is 1.22 bits per heavy atom. The fourth-order valence-electron chi connectivity index (χ4n) is 1.59. The Hall–Kier alpha value is -2.36. The van der Waals surface area contributed by atoms with Gasteiger partial charge in [-0.05, 0) is 30.7 Å². The first-order chi connectivity index (χ1) is 8.74. The van der Waals surface area contributed by atoms with E-state index in [9.17, 15) is 9.90 Å². The first-order valence-electron chi connectivity index (χ1n) is 5.73. The number of phenols is 1. The Morgan fingerprint density at radius 3 is 2.83 bits per heavy atom. The van der Waals surface area contributed by atoms with Crippen LogP contribution < -0.4 is 5.32 Å². The number of anilines is 1. The maximum atomic E-state index is 11.7. The van der Waals surface area contributed by atoms with Gasteiger partial charge in [-0.1, -0.05) is 12.1 Å². The number of carbonyl (C=O) groups is 1. The summed E-state index contributed by atoms with van der Waals surface area (Å²) in [6.45, 7) is 0. The van der Waals surface area contributed by atoms with Crippen LogP contribution in [0.25, 0.3) is 0 Å². The lowest BCUT2D eigenvalue weighted by Gasteiger charge is -2.05. The van der Waals surface area contributed by atoms with Crippen molar-refractivity contribution in [3.63, 3.8) is 0 Å². The van der Waals surface area contributed by atoms with Crippen molar-refractivity contribution in [2.75, 3.05) is 5.32 Å². The summed E-state index contributed by atoms with van der Waals surface area (Å²) < 4.78 is 0. The van der Waals surface area contributed by atoms with E-state index in [1.807, 2.05) is 18.2 Å². The van der Waals surface area contributed by atoms with E-state index in [2.05, 4.69) is 10.3 Å². The molecule has 1 aromatic carbocycles. The minimum atomic E-state index is -0.0914. The first-order valence-corrected chi connectivity index (χ1v) is 5.73. The summed E-state index contributed by atoms with van der Waals surface area (Å²) in [6, 6.07) is 12.1. The van der Waals surface area contributed by atoms with Crippen LogP contribution in [0.2, 0.25) is 0 Å². The fourth-order valence-corrected chi connectivity index (χ4v) is 1.59. The zero-order valence-corrected chi connectivity index (χ0v) is 9.84. The van der Waals surface area contributed by atoms with E-state index in [-0.39, 0.29) is 11.7 Å². The third-order valence-corrected chi connectivity index (χ3v) is 2.46. The van der Waals surface area contributed by atoms with Crippen molar-refractivity contribution >= 4 is 11.6 Å². The predicted molar refractivity (Wildman–Crippen MR) is 69.3 cm³/mol. The molecule has 2 rings (SSSR count). The molecule has 0 unspecified atom stereocenters. The van der Waals surface area contributed by atoms with Gasteiger partial charge in [0.25, 0.3) is 0 Å². The average Bonchev–Trinajstić information content (AvgIpc) is 2.38. The molecule has 0 aliphatic heterocycles. The molecule has 18 heavy (non-hydrogen) atoms. The summed E-state index contributed by atoms with van der Waals surface area (Å²) in [5.41, 5.74) is 1.49. The van der Waals surface area contributed by atoms with E-state index in [0.717, 1.165) is 5.69 Å². The van der Waals surface area contributed by atoms with E-state index in [1.54, 1.807) is 24.4 Å². The maximum Gasteiger partial charge on any atom is 0.224 e. The second kappa shape index (κ2) is 5.82. The summed E-state index contributed by atoms with van der Waals surface area (Å²) >= 11 is 0. The molecular weight excluding hydrogens is 228 g/mol. The molecule has 0 aliphatic carbocycles. The van der Waals surface area contributed by atoms with Crippen molar-refractivity contribution in [1.29, 1.82) is 0 Å². The average molecular weight is 242 g/mol. The number of aromatic nitrogens is 1. The van der Waals surface area contributed by atoms with Crippen molar-refractivity contribution < 1.29 is 9.90 Å². The maximum absolute atomic E-state index is 11.7. The normalized spacial score (nSPS) is 10.0. The van der Waals surface area contributed by atoms with Gasteiger partial charge in [0.1, 0.15) is 5.75 Å². The molecule has 0 spiro atoms. The first kappa shape index (κ1) is 12.1. The molecule has 4 heteroatoms. The summed E-state index contributed by atoms with van der Waals surface area (Å²) in [5, 5.41) is 12.0. The Bertz CT molecular complexity index is 526. The molecule has 4 nitrogen and oxygen atoms in total. The minimum Gasteiger partial charge on any atom is -0.508 e. The summed E-state index contributed by atoms with van der Waals surface area (Å²) in [6.07, 6.45) is 2.68. The Balaban J connectivity index is 1.86. The summed E-state index contributed by atoms with van der Waals surface area (Å²) in [7, 11) is 0. The number of carbonyl (C=O) groups excluding carboxylic acids is 1. The van der Waals surface area contributed by atoms with Gasteiger partial charge in [-0.15, -0.1) is 0 Å². The van der Waals surface area contributed by atoms with Gasteiger partial charge in [-0.3, -0.25) is 9.78 Å². The minimum absolute atomic E-state index is 0.0914. The molecule has 0 fully saturated rings. The van der Waals surface area contributed by atoms with E-state index < -0.39 is 0 Å². The standard InChI is InChI=1S/C14H14N2O2/c17-13-6-3-5-12(10-13)16-14(18)8-7-11-4-1-2-9-15-11/h1-6,9-10,17H,7-8H2,(H,16,18). The molecule has 1 heterocycles. The topological polar surface area (TPSA) is 62.2 Å². The van der Waals surface area contributed by atoms with Gasteiger partial charge in [0.15, 0.2) is 0 Å². The highest BCUT2D eigenvalue weighted by molar-refractivity contribution is 5.90. The molecular formula is C14H14N2O2. The van der Waals surface area contributed by atoms with Crippen LogP contribution in [0.1, 0.15) is 12.1 Å². The van der Waals surface area contributed by atoms with Gasteiger partial charge in [-0.2, -0.15) is 0 Å². The van der Waals surface area contributed by atoms with Gasteiger partial charge in [-0.25, -0.2) is 0 Å². The van der Waals surface area contributed by atoms with Crippen LogP contribution in [0.15, 0.2) is 48.7 Å². The Kier molecular flexibility index (Phi) is 3.91. The number of nitrogens with one attached hydrogen (secondary N) is 1. The number of nitrogens with zero attached hydrogens (tertiary/aromatic N) is 1. The highest BCUT2D eigenvalue weighted by atomic mass is 16.3. The summed E-state index contributed by atoms with van der Waals surface area (Å²) in [4.78, 5) is 15.8. The largest absolute Gasteiger partial charge is 0.508 e. The Labute approximate surface area is 105 Å². The van der Waals surface area contributed by atoms with Gasteiger partial charge in [0.05, 0.1) is 0 Å². The second-order valence-corrected chi connectivity index (χ2v) is 3.92. The van der Waals surface area contributed by atoms with Gasteiger partial charge >= 0.3 is 0 Å². The van der Waals surface area contributed by atoms with Crippen LogP contribution in [-0.4, -0.2) is 16.0 Å². The van der Waals surface area contributed by atoms with E-state index in [1.165, 1.54) is 6.07 Å². The molecule has 0 saturated carbocycles.